The number of Topliss-reactive ketones (excluding diaryl/α,β-unsaturated/α-hetero) is 1. The lowest BCUT2D eigenvalue weighted by Gasteiger charge is -2.30. The number of nitrogens with zero attached hydrogens (tertiary/aromatic N) is 2. The fraction of sp³-hybridized carbons (Fsp3) is 0.367. The molecule has 1 saturated carbocycles. The van der Waals surface area contributed by atoms with E-state index in [-0.39, 0.29) is 23.3 Å². The first-order valence-electron chi connectivity index (χ1n) is 13.7. The van der Waals surface area contributed by atoms with Gasteiger partial charge in [0.05, 0.1) is 40.5 Å². The van der Waals surface area contributed by atoms with Crippen molar-refractivity contribution in [1.29, 1.82) is 0 Å². The van der Waals surface area contributed by atoms with Crippen LogP contribution in [0.3, 0.4) is 0 Å². The van der Waals surface area contributed by atoms with E-state index in [2.05, 4.69) is 20.5 Å². The minimum Gasteiger partial charge on any atom is -0.459 e. The summed E-state index contributed by atoms with van der Waals surface area (Å²) in [7, 11) is 0. The predicted octanol–water partition coefficient (Wildman–Crippen LogP) is 5.38. The Morgan fingerprint density at radius 2 is 1.95 bits per heavy atom. The summed E-state index contributed by atoms with van der Waals surface area (Å²) in [6.45, 7) is 4.31. The van der Waals surface area contributed by atoms with E-state index in [1.165, 1.54) is 6.92 Å². The summed E-state index contributed by atoms with van der Waals surface area (Å²) >= 11 is 1.55. The zero-order chi connectivity index (χ0) is 27.6. The van der Waals surface area contributed by atoms with Gasteiger partial charge in [0.2, 0.25) is 5.43 Å². The molecule has 0 unspecified atom stereocenters. The molecule has 4 heterocycles. The highest BCUT2D eigenvalue weighted by Crippen LogP contribution is 2.37. The largest absolute Gasteiger partial charge is 0.459 e. The molecule has 4 aromatic rings. The maximum Gasteiger partial charge on any atom is 0.225 e. The highest BCUT2D eigenvalue weighted by atomic mass is 32.1. The van der Waals surface area contributed by atoms with Crippen molar-refractivity contribution in [3.8, 4) is 11.1 Å². The highest BCUT2D eigenvalue weighted by molar-refractivity contribution is 7.22. The Kier molecular flexibility index (Phi) is 7.55. The number of benzene rings is 1. The van der Waals surface area contributed by atoms with Crippen molar-refractivity contribution >= 4 is 49.5 Å². The van der Waals surface area contributed by atoms with Gasteiger partial charge >= 0.3 is 0 Å². The van der Waals surface area contributed by atoms with Crippen molar-refractivity contribution in [1.82, 2.24) is 4.98 Å². The van der Waals surface area contributed by atoms with Crippen molar-refractivity contribution in [2.75, 3.05) is 41.8 Å². The number of rotatable bonds is 7. The monoisotopic (exact) mass is 559 g/mol. The number of ether oxygens (including phenoxy) is 1. The Labute approximate surface area is 236 Å². The molecule has 0 spiro atoms. The van der Waals surface area contributed by atoms with Gasteiger partial charge in [-0.1, -0.05) is 25.0 Å². The number of aromatic nitrogens is 1. The average Bonchev–Trinajstić information content (AvgIpc) is 3.40. The van der Waals surface area contributed by atoms with Gasteiger partial charge in [-0.05, 0) is 36.6 Å². The standard InChI is InChI=1S/C30H33N5O4S/c1-18(36)28-25(14-21(16-32-28)34-24-8-3-2-7-23(24)31)33-20-6-4-5-19(13-20)22-17-39-29-26(37)15-27(40-30(22)29)35-9-11-38-12-10-35/h4-6,13-17,23-24,33-34H,2-3,7-12,31H2,1H3/t23-,24+/m1/s1. The Morgan fingerprint density at radius 1 is 1.12 bits per heavy atom. The number of pyridine rings is 1. The normalized spacial score (nSPS) is 19.5. The summed E-state index contributed by atoms with van der Waals surface area (Å²) in [6.07, 6.45) is 7.66. The molecule has 1 aliphatic carbocycles. The number of hydrogen-bond acceptors (Lipinski definition) is 10. The Bertz CT molecular complexity index is 1590. The van der Waals surface area contributed by atoms with Crippen LogP contribution in [0.4, 0.5) is 22.1 Å². The molecule has 40 heavy (non-hydrogen) atoms. The molecule has 1 aromatic carbocycles. The van der Waals surface area contributed by atoms with E-state index < -0.39 is 0 Å². The summed E-state index contributed by atoms with van der Waals surface area (Å²) in [5, 5.41) is 7.84. The Morgan fingerprint density at radius 3 is 2.75 bits per heavy atom. The number of anilines is 4. The molecule has 208 valence electrons. The number of carbonyl (C=O) groups excluding carboxylic acids is 1. The number of furan rings is 1. The minimum atomic E-state index is -0.130. The van der Waals surface area contributed by atoms with E-state index >= 15 is 0 Å². The number of ketones is 1. The molecule has 3 aromatic heterocycles. The molecule has 10 heteroatoms. The maximum atomic E-state index is 12.9. The molecule has 2 atom stereocenters. The van der Waals surface area contributed by atoms with Crippen LogP contribution in [0, 0.1) is 0 Å². The van der Waals surface area contributed by atoms with Crippen molar-refractivity contribution in [2.24, 2.45) is 5.73 Å². The van der Waals surface area contributed by atoms with Crippen molar-refractivity contribution in [3.05, 3.63) is 64.8 Å². The first-order chi connectivity index (χ1) is 19.5. The van der Waals surface area contributed by atoms with Gasteiger partial charge in [-0.3, -0.25) is 9.59 Å². The van der Waals surface area contributed by atoms with E-state index in [4.69, 9.17) is 14.9 Å². The van der Waals surface area contributed by atoms with E-state index in [9.17, 15) is 9.59 Å². The van der Waals surface area contributed by atoms with Gasteiger partial charge in [-0.15, -0.1) is 11.3 Å². The van der Waals surface area contributed by atoms with Gasteiger partial charge in [-0.25, -0.2) is 4.98 Å². The first kappa shape index (κ1) is 26.5. The minimum absolute atomic E-state index is 0.0959. The van der Waals surface area contributed by atoms with E-state index in [1.54, 1.807) is 29.9 Å². The molecule has 4 N–H and O–H groups in total. The maximum absolute atomic E-state index is 12.9. The van der Waals surface area contributed by atoms with Crippen LogP contribution >= 0.6 is 11.3 Å². The van der Waals surface area contributed by atoms with Gasteiger partial charge in [0.15, 0.2) is 11.4 Å². The highest BCUT2D eigenvalue weighted by Gasteiger charge is 2.23. The lowest BCUT2D eigenvalue weighted by molar-refractivity contribution is 0.101. The smallest absolute Gasteiger partial charge is 0.225 e. The zero-order valence-electron chi connectivity index (χ0n) is 22.4. The van der Waals surface area contributed by atoms with Gasteiger partial charge in [-0.2, -0.15) is 0 Å². The third-order valence-electron chi connectivity index (χ3n) is 7.60. The fourth-order valence-corrected chi connectivity index (χ4v) is 6.67. The Balaban J connectivity index is 1.31. The zero-order valence-corrected chi connectivity index (χ0v) is 23.3. The summed E-state index contributed by atoms with van der Waals surface area (Å²) in [5.41, 5.74) is 10.9. The molecule has 6 rings (SSSR count). The molecule has 9 nitrogen and oxygen atoms in total. The number of nitrogens with two attached hydrogens (primary N) is 1. The Hall–Kier alpha value is -3.73. The van der Waals surface area contributed by atoms with Crippen LogP contribution in [-0.2, 0) is 4.74 Å². The number of nitrogens with one attached hydrogen (secondary N) is 2. The lowest BCUT2D eigenvalue weighted by atomic mass is 9.91. The topological polar surface area (TPSA) is 123 Å². The van der Waals surface area contributed by atoms with Gasteiger partial charge in [0.1, 0.15) is 12.0 Å². The van der Waals surface area contributed by atoms with Crippen LogP contribution < -0.4 is 26.7 Å². The molecule has 0 radical (unpaired) electrons. The number of fused-ring (bicyclic) bond motifs is 1. The SMILES string of the molecule is CC(=O)c1ncc(N[C@H]2CCCC[C@H]2N)cc1Nc1cccc(-c2coc3c(=O)cc(N4CCOCC4)sc23)c1. The number of hydrogen-bond donors (Lipinski definition) is 3. The summed E-state index contributed by atoms with van der Waals surface area (Å²) in [6, 6.07) is 11.7. The number of carbonyl (C=O) groups is 1. The second-order valence-corrected chi connectivity index (χ2v) is 11.5. The molecule has 2 fully saturated rings. The quantitative estimate of drug-likeness (QED) is 0.256. The van der Waals surface area contributed by atoms with Gasteiger partial charge in [0, 0.05) is 49.4 Å². The second kappa shape index (κ2) is 11.4. The molecule has 1 aliphatic heterocycles. The van der Waals surface area contributed by atoms with Crippen LogP contribution in [0.2, 0.25) is 0 Å². The average molecular weight is 560 g/mol. The van der Waals surface area contributed by atoms with Crippen molar-refractivity contribution in [3.63, 3.8) is 0 Å². The van der Waals surface area contributed by atoms with E-state index in [0.29, 0.717) is 30.2 Å². The van der Waals surface area contributed by atoms with Crippen LogP contribution in [0.5, 0.6) is 0 Å². The van der Waals surface area contributed by atoms with Crippen molar-refractivity contribution < 1.29 is 13.9 Å². The van der Waals surface area contributed by atoms with Gasteiger partial charge in [0.25, 0.3) is 0 Å². The van der Waals surface area contributed by atoms with Crippen LogP contribution in [-0.4, -0.2) is 49.2 Å². The van der Waals surface area contributed by atoms with Crippen molar-refractivity contribution in [2.45, 2.75) is 44.7 Å². The van der Waals surface area contributed by atoms with Crippen LogP contribution in [0.25, 0.3) is 21.4 Å². The van der Waals surface area contributed by atoms with Gasteiger partial charge < -0.3 is 30.4 Å². The molecular weight excluding hydrogens is 526 g/mol. The third kappa shape index (κ3) is 5.47. The number of morpholine rings is 1. The summed E-state index contributed by atoms with van der Waals surface area (Å²) in [5.74, 6) is -0.124. The molecule has 0 amide bonds. The van der Waals surface area contributed by atoms with Crippen LogP contribution in [0.1, 0.15) is 43.1 Å². The van der Waals surface area contributed by atoms with E-state index in [1.807, 2.05) is 30.3 Å². The molecule has 0 bridgehead atoms. The summed E-state index contributed by atoms with van der Waals surface area (Å²) in [4.78, 5) is 31.9. The molecule has 1 saturated heterocycles. The molecular formula is C30H33N5O4S. The predicted molar refractivity (Wildman–Crippen MR) is 160 cm³/mol. The van der Waals surface area contributed by atoms with E-state index in [0.717, 1.165) is 71.0 Å². The fourth-order valence-electron chi connectivity index (χ4n) is 5.46. The first-order valence-corrected chi connectivity index (χ1v) is 14.6. The molecule has 2 aliphatic rings. The van der Waals surface area contributed by atoms with Crippen LogP contribution in [0.15, 0.2) is 58.1 Å². The lowest BCUT2D eigenvalue weighted by Crippen LogP contribution is -2.42. The summed E-state index contributed by atoms with van der Waals surface area (Å²) < 4.78 is 12.0. The second-order valence-electron chi connectivity index (χ2n) is 10.4. The third-order valence-corrected chi connectivity index (χ3v) is 8.79.